The zero-order valence-corrected chi connectivity index (χ0v) is 14.3. The van der Waals surface area contributed by atoms with E-state index in [0.717, 1.165) is 27.1 Å². The molecule has 3 rings (SSSR count). The molecule has 0 fully saturated rings. The number of hydrogen-bond acceptors (Lipinski definition) is 5. The van der Waals surface area contributed by atoms with Crippen molar-refractivity contribution in [2.45, 2.75) is 20.4 Å². The van der Waals surface area contributed by atoms with Crippen LogP contribution in [0.1, 0.15) is 16.8 Å². The highest BCUT2D eigenvalue weighted by Crippen LogP contribution is 2.24. The van der Waals surface area contributed by atoms with Gasteiger partial charge in [-0.25, -0.2) is 9.78 Å². The van der Waals surface area contributed by atoms with Crippen LogP contribution in [0.15, 0.2) is 22.1 Å². The SMILES string of the molecule is COc1c(C)cnc(Cn2cnc3c2c(=O)n(C)c(=O)n3C)c1C. The highest BCUT2D eigenvalue weighted by Gasteiger charge is 2.16. The van der Waals surface area contributed by atoms with Crippen LogP contribution < -0.4 is 16.0 Å². The van der Waals surface area contributed by atoms with Gasteiger partial charge in [0.05, 0.1) is 25.7 Å². The fourth-order valence-corrected chi connectivity index (χ4v) is 2.91. The van der Waals surface area contributed by atoms with Gasteiger partial charge >= 0.3 is 5.69 Å². The molecule has 3 heterocycles. The molecule has 0 amide bonds. The van der Waals surface area contributed by atoms with Crippen LogP contribution >= 0.6 is 0 Å². The Balaban J connectivity index is 2.20. The minimum Gasteiger partial charge on any atom is -0.496 e. The molecule has 0 atom stereocenters. The molecule has 8 heteroatoms. The van der Waals surface area contributed by atoms with E-state index in [4.69, 9.17) is 4.74 Å². The monoisotopic (exact) mass is 329 g/mol. The van der Waals surface area contributed by atoms with Gasteiger partial charge in [-0.05, 0) is 13.8 Å². The third-order valence-corrected chi connectivity index (χ3v) is 4.29. The number of ether oxygens (including phenoxy) is 1. The fourth-order valence-electron chi connectivity index (χ4n) is 2.91. The molecule has 0 radical (unpaired) electrons. The van der Waals surface area contributed by atoms with Crippen LogP contribution in [-0.2, 0) is 20.6 Å². The van der Waals surface area contributed by atoms with Gasteiger partial charge < -0.3 is 9.30 Å². The molecular weight excluding hydrogens is 310 g/mol. The molecule has 3 aromatic heterocycles. The van der Waals surface area contributed by atoms with Crippen LogP contribution in [0, 0.1) is 13.8 Å². The van der Waals surface area contributed by atoms with Crippen molar-refractivity contribution in [2.75, 3.05) is 7.11 Å². The third-order valence-electron chi connectivity index (χ3n) is 4.29. The van der Waals surface area contributed by atoms with Crippen LogP contribution in [0.5, 0.6) is 5.75 Å². The highest BCUT2D eigenvalue weighted by molar-refractivity contribution is 5.70. The van der Waals surface area contributed by atoms with E-state index in [1.165, 1.54) is 11.6 Å². The number of rotatable bonds is 3. The Labute approximate surface area is 138 Å². The van der Waals surface area contributed by atoms with Crippen LogP contribution in [-0.4, -0.2) is 30.8 Å². The summed E-state index contributed by atoms with van der Waals surface area (Å²) in [6.07, 6.45) is 3.30. The normalized spacial score (nSPS) is 11.2. The van der Waals surface area contributed by atoms with Gasteiger partial charge in [0, 0.05) is 31.4 Å². The van der Waals surface area contributed by atoms with Crippen molar-refractivity contribution < 1.29 is 4.74 Å². The van der Waals surface area contributed by atoms with Gasteiger partial charge in [0.15, 0.2) is 11.2 Å². The van der Waals surface area contributed by atoms with E-state index in [1.54, 1.807) is 31.2 Å². The van der Waals surface area contributed by atoms with Gasteiger partial charge in [-0.1, -0.05) is 0 Å². The molecule has 0 aliphatic heterocycles. The molecule has 0 unspecified atom stereocenters. The first-order chi connectivity index (χ1) is 11.4. The second-order valence-electron chi connectivity index (χ2n) is 5.80. The first kappa shape index (κ1) is 16.0. The van der Waals surface area contributed by atoms with E-state index in [9.17, 15) is 9.59 Å². The van der Waals surface area contributed by atoms with E-state index in [1.807, 2.05) is 13.8 Å². The maximum atomic E-state index is 12.5. The topological polar surface area (TPSA) is 83.9 Å². The zero-order valence-electron chi connectivity index (χ0n) is 14.3. The minimum atomic E-state index is -0.399. The Morgan fingerprint density at radius 2 is 1.83 bits per heavy atom. The number of fused-ring (bicyclic) bond motifs is 1. The predicted octanol–water partition coefficient (Wildman–Crippen LogP) is 0.502. The van der Waals surface area contributed by atoms with E-state index < -0.39 is 5.69 Å². The van der Waals surface area contributed by atoms with Gasteiger partial charge in [-0.15, -0.1) is 0 Å². The van der Waals surface area contributed by atoms with E-state index in [0.29, 0.717) is 17.7 Å². The number of nitrogens with zero attached hydrogens (tertiary/aromatic N) is 5. The Morgan fingerprint density at radius 1 is 1.12 bits per heavy atom. The predicted molar refractivity (Wildman–Crippen MR) is 89.6 cm³/mol. The average molecular weight is 329 g/mol. The quantitative estimate of drug-likeness (QED) is 0.699. The lowest BCUT2D eigenvalue weighted by Gasteiger charge is -2.13. The fraction of sp³-hybridized carbons (Fsp3) is 0.375. The number of hydrogen-bond donors (Lipinski definition) is 0. The number of methoxy groups -OCH3 is 1. The van der Waals surface area contributed by atoms with Crippen molar-refractivity contribution in [1.29, 1.82) is 0 Å². The number of pyridine rings is 1. The summed E-state index contributed by atoms with van der Waals surface area (Å²) in [5, 5.41) is 0. The molecule has 0 aliphatic rings. The van der Waals surface area contributed by atoms with Crippen molar-refractivity contribution in [3.8, 4) is 5.75 Å². The van der Waals surface area contributed by atoms with Crippen LogP contribution in [0.4, 0.5) is 0 Å². The number of aryl methyl sites for hydroxylation is 2. The lowest BCUT2D eigenvalue weighted by molar-refractivity contribution is 0.406. The lowest BCUT2D eigenvalue weighted by atomic mass is 10.1. The largest absolute Gasteiger partial charge is 0.496 e. The van der Waals surface area contributed by atoms with Crippen molar-refractivity contribution in [3.63, 3.8) is 0 Å². The summed E-state index contributed by atoms with van der Waals surface area (Å²) in [6.45, 7) is 4.23. The van der Waals surface area contributed by atoms with E-state index >= 15 is 0 Å². The van der Waals surface area contributed by atoms with Gasteiger partial charge in [0.25, 0.3) is 5.56 Å². The molecule has 24 heavy (non-hydrogen) atoms. The first-order valence-electron chi connectivity index (χ1n) is 7.46. The van der Waals surface area contributed by atoms with Gasteiger partial charge in [0.1, 0.15) is 5.75 Å². The highest BCUT2D eigenvalue weighted by atomic mass is 16.5. The van der Waals surface area contributed by atoms with Crippen molar-refractivity contribution in [3.05, 3.63) is 50.2 Å². The molecule has 126 valence electrons. The summed E-state index contributed by atoms with van der Waals surface area (Å²) in [7, 11) is 4.68. The van der Waals surface area contributed by atoms with Gasteiger partial charge in [-0.2, -0.15) is 0 Å². The third kappa shape index (κ3) is 2.22. The summed E-state index contributed by atoms with van der Waals surface area (Å²) in [5.74, 6) is 0.782. The van der Waals surface area contributed by atoms with Crippen LogP contribution in [0.25, 0.3) is 11.2 Å². The molecular formula is C16H19N5O3. The molecule has 0 aromatic carbocycles. The van der Waals surface area contributed by atoms with E-state index in [-0.39, 0.29) is 5.56 Å². The van der Waals surface area contributed by atoms with Crippen LogP contribution in [0.2, 0.25) is 0 Å². The maximum Gasteiger partial charge on any atom is 0.332 e. The van der Waals surface area contributed by atoms with Crippen molar-refractivity contribution in [1.82, 2.24) is 23.7 Å². The van der Waals surface area contributed by atoms with Gasteiger partial charge in [0.2, 0.25) is 0 Å². The standard InChI is InChI=1S/C16H19N5O3/c1-9-6-17-11(10(2)13(9)24-5)7-21-8-18-14-12(21)15(22)20(4)16(23)19(14)3/h6,8H,7H2,1-5H3. The smallest absolute Gasteiger partial charge is 0.332 e. The van der Waals surface area contributed by atoms with Crippen molar-refractivity contribution in [2.24, 2.45) is 14.1 Å². The Morgan fingerprint density at radius 3 is 2.50 bits per heavy atom. The summed E-state index contributed by atoms with van der Waals surface area (Å²) < 4.78 is 9.58. The summed E-state index contributed by atoms with van der Waals surface area (Å²) >= 11 is 0. The number of imidazole rings is 1. The van der Waals surface area contributed by atoms with Crippen molar-refractivity contribution >= 4 is 11.2 Å². The Kier molecular flexibility index (Phi) is 3.75. The summed E-state index contributed by atoms with van der Waals surface area (Å²) in [4.78, 5) is 33.1. The lowest BCUT2D eigenvalue weighted by Crippen LogP contribution is -2.37. The molecule has 0 aliphatic carbocycles. The molecule has 0 saturated heterocycles. The molecule has 0 bridgehead atoms. The molecule has 0 saturated carbocycles. The summed E-state index contributed by atoms with van der Waals surface area (Å²) in [6, 6.07) is 0. The Hall–Kier alpha value is -2.90. The molecule has 8 nitrogen and oxygen atoms in total. The maximum absolute atomic E-state index is 12.5. The molecule has 0 spiro atoms. The average Bonchev–Trinajstić information content (AvgIpc) is 2.98. The first-order valence-corrected chi connectivity index (χ1v) is 7.46. The van der Waals surface area contributed by atoms with E-state index in [2.05, 4.69) is 9.97 Å². The van der Waals surface area contributed by atoms with Gasteiger partial charge in [-0.3, -0.25) is 18.9 Å². The summed E-state index contributed by atoms with van der Waals surface area (Å²) in [5.41, 5.74) is 2.62. The molecule has 0 N–H and O–H groups in total. The molecule has 3 aromatic rings. The second kappa shape index (κ2) is 5.63. The number of aromatic nitrogens is 5. The second-order valence-corrected chi connectivity index (χ2v) is 5.80. The zero-order chi connectivity index (χ0) is 17.6. The minimum absolute atomic E-state index is 0.361. The Bertz CT molecular complexity index is 1060. The van der Waals surface area contributed by atoms with Crippen LogP contribution in [0.3, 0.4) is 0 Å².